The van der Waals surface area contributed by atoms with Crippen molar-refractivity contribution in [2.75, 3.05) is 6.54 Å². The molecule has 1 atom stereocenters. The molecule has 0 aliphatic rings. The van der Waals surface area contributed by atoms with E-state index in [0.29, 0.717) is 6.04 Å². The fourth-order valence-corrected chi connectivity index (χ4v) is 2.08. The third-order valence-electron chi connectivity index (χ3n) is 3.18. The Morgan fingerprint density at radius 2 is 1.94 bits per heavy atom. The lowest BCUT2D eigenvalue weighted by Gasteiger charge is -2.14. The SMILES string of the molecule is CCCCCCCCNC(CC)c1ncc[nH]1. The van der Waals surface area contributed by atoms with Gasteiger partial charge in [0.25, 0.3) is 0 Å². The highest BCUT2D eigenvalue weighted by molar-refractivity contribution is 4.94. The Balaban J connectivity index is 2.04. The summed E-state index contributed by atoms with van der Waals surface area (Å²) in [5, 5.41) is 3.57. The van der Waals surface area contributed by atoms with Crippen molar-refractivity contribution in [3.05, 3.63) is 18.2 Å². The first-order valence-corrected chi connectivity index (χ1v) is 7.11. The molecular weight excluding hydrogens is 210 g/mol. The van der Waals surface area contributed by atoms with Crippen molar-refractivity contribution in [3.63, 3.8) is 0 Å². The molecule has 3 nitrogen and oxygen atoms in total. The van der Waals surface area contributed by atoms with Crippen molar-refractivity contribution in [2.24, 2.45) is 0 Å². The molecule has 98 valence electrons. The summed E-state index contributed by atoms with van der Waals surface area (Å²) in [6.45, 7) is 5.56. The third-order valence-corrected chi connectivity index (χ3v) is 3.18. The minimum Gasteiger partial charge on any atom is -0.347 e. The number of H-pyrrole nitrogens is 1. The topological polar surface area (TPSA) is 40.7 Å². The summed E-state index contributed by atoms with van der Waals surface area (Å²) >= 11 is 0. The number of aromatic nitrogens is 2. The summed E-state index contributed by atoms with van der Waals surface area (Å²) in [7, 11) is 0. The molecule has 0 fully saturated rings. The van der Waals surface area contributed by atoms with Gasteiger partial charge in [0.05, 0.1) is 6.04 Å². The molecule has 2 N–H and O–H groups in total. The van der Waals surface area contributed by atoms with E-state index < -0.39 is 0 Å². The molecule has 0 saturated carbocycles. The van der Waals surface area contributed by atoms with Gasteiger partial charge in [0.15, 0.2) is 0 Å². The van der Waals surface area contributed by atoms with Crippen LogP contribution in [-0.2, 0) is 0 Å². The zero-order valence-electron chi connectivity index (χ0n) is 11.3. The van der Waals surface area contributed by atoms with Crippen LogP contribution in [0.1, 0.15) is 70.7 Å². The summed E-state index contributed by atoms with van der Waals surface area (Å²) < 4.78 is 0. The first-order chi connectivity index (χ1) is 8.38. The number of nitrogens with one attached hydrogen (secondary N) is 2. The van der Waals surface area contributed by atoms with Gasteiger partial charge in [-0.25, -0.2) is 4.98 Å². The van der Waals surface area contributed by atoms with E-state index in [2.05, 4.69) is 29.1 Å². The van der Waals surface area contributed by atoms with Gasteiger partial charge < -0.3 is 10.3 Å². The summed E-state index contributed by atoms with van der Waals surface area (Å²) in [5.41, 5.74) is 0. The smallest absolute Gasteiger partial charge is 0.123 e. The van der Waals surface area contributed by atoms with Gasteiger partial charge in [-0.15, -0.1) is 0 Å². The standard InChI is InChI=1S/C14H27N3/c1-3-5-6-7-8-9-10-15-13(4-2)14-16-11-12-17-14/h11-13,15H,3-10H2,1-2H3,(H,16,17). The van der Waals surface area contributed by atoms with Crippen molar-refractivity contribution < 1.29 is 0 Å². The second kappa shape index (κ2) is 9.23. The van der Waals surface area contributed by atoms with Crippen LogP contribution >= 0.6 is 0 Å². The highest BCUT2D eigenvalue weighted by Gasteiger charge is 2.09. The molecule has 0 aliphatic heterocycles. The Bertz CT molecular complexity index is 256. The van der Waals surface area contributed by atoms with Crippen molar-refractivity contribution in [2.45, 2.75) is 64.8 Å². The molecule has 1 aromatic rings. The number of unbranched alkanes of at least 4 members (excludes halogenated alkanes) is 5. The van der Waals surface area contributed by atoms with Crippen LogP contribution < -0.4 is 5.32 Å². The van der Waals surface area contributed by atoms with Crippen LogP contribution in [0.25, 0.3) is 0 Å². The second-order valence-electron chi connectivity index (χ2n) is 4.66. The first-order valence-electron chi connectivity index (χ1n) is 7.11. The van der Waals surface area contributed by atoms with Crippen molar-refractivity contribution >= 4 is 0 Å². The van der Waals surface area contributed by atoms with Gasteiger partial charge in [-0.3, -0.25) is 0 Å². The second-order valence-corrected chi connectivity index (χ2v) is 4.66. The summed E-state index contributed by atoms with van der Waals surface area (Å²) in [4.78, 5) is 7.49. The number of rotatable bonds is 10. The van der Waals surface area contributed by atoms with Crippen molar-refractivity contribution in [3.8, 4) is 0 Å². The van der Waals surface area contributed by atoms with Crippen molar-refractivity contribution in [1.29, 1.82) is 0 Å². The number of aromatic amines is 1. The van der Waals surface area contributed by atoms with Crippen LogP contribution in [-0.4, -0.2) is 16.5 Å². The van der Waals surface area contributed by atoms with Gasteiger partial charge in [0, 0.05) is 12.4 Å². The highest BCUT2D eigenvalue weighted by atomic mass is 15.0. The number of hydrogen-bond donors (Lipinski definition) is 2. The fourth-order valence-electron chi connectivity index (χ4n) is 2.08. The molecule has 1 aromatic heterocycles. The maximum atomic E-state index is 4.31. The Morgan fingerprint density at radius 1 is 1.18 bits per heavy atom. The Kier molecular flexibility index (Phi) is 7.72. The molecule has 1 heterocycles. The van der Waals surface area contributed by atoms with Crippen LogP contribution in [0.3, 0.4) is 0 Å². The van der Waals surface area contributed by atoms with Crippen LogP contribution in [0.2, 0.25) is 0 Å². The van der Waals surface area contributed by atoms with Gasteiger partial charge in [0.1, 0.15) is 5.82 Å². The van der Waals surface area contributed by atoms with Gasteiger partial charge in [-0.05, 0) is 19.4 Å². The van der Waals surface area contributed by atoms with E-state index in [1.54, 1.807) is 0 Å². The summed E-state index contributed by atoms with van der Waals surface area (Å²) in [5.74, 6) is 1.07. The number of nitrogens with zero attached hydrogens (tertiary/aromatic N) is 1. The van der Waals surface area contributed by atoms with E-state index in [4.69, 9.17) is 0 Å². The molecule has 0 saturated heterocycles. The zero-order valence-corrected chi connectivity index (χ0v) is 11.3. The lowest BCUT2D eigenvalue weighted by molar-refractivity contribution is 0.478. The van der Waals surface area contributed by atoms with Gasteiger partial charge in [-0.1, -0.05) is 46.0 Å². The van der Waals surface area contributed by atoms with Crippen LogP contribution in [0.5, 0.6) is 0 Å². The van der Waals surface area contributed by atoms with E-state index in [1.807, 2.05) is 12.4 Å². The molecule has 17 heavy (non-hydrogen) atoms. The fraction of sp³-hybridized carbons (Fsp3) is 0.786. The molecule has 0 aromatic carbocycles. The minimum atomic E-state index is 0.389. The van der Waals surface area contributed by atoms with Gasteiger partial charge in [-0.2, -0.15) is 0 Å². The largest absolute Gasteiger partial charge is 0.347 e. The lowest BCUT2D eigenvalue weighted by atomic mass is 10.1. The van der Waals surface area contributed by atoms with E-state index in [9.17, 15) is 0 Å². The molecule has 0 bridgehead atoms. The molecule has 0 spiro atoms. The zero-order chi connectivity index (χ0) is 12.3. The highest BCUT2D eigenvalue weighted by Crippen LogP contribution is 2.11. The first kappa shape index (κ1) is 14.2. The predicted octanol–water partition coefficient (Wildman–Crippen LogP) is 3.81. The normalized spacial score (nSPS) is 12.8. The maximum Gasteiger partial charge on any atom is 0.123 e. The molecule has 1 rings (SSSR count). The summed E-state index contributed by atoms with van der Waals surface area (Å²) in [6.07, 6.45) is 12.9. The molecule has 0 aliphatic carbocycles. The maximum absolute atomic E-state index is 4.31. The Labute approximate surface area is 105 Å². The third kappa shape index (κ3) is 5.87. The van der Waals surface area contributed by atoms with Crippen LogP contribution in [0, 0.1) is 0 Å². The monoisotopic (exact) mass is 237 g/mol. The lowest BCUT2D eigenvalue weighted by Crippen LogP contribution is -2.22. The van der Waals surface area contributed by atoms with Gasteiger partial charge in [0.2, 0.25) is 0 Å². The van der Waals surface area contributed by atoms with Crippen molar-refractivity contribution in [1.82, 2.24) is 15.3 Å². The Morgan fingerprint density at radius 3 is 2.59 bits per heavy atom. The number of imidazole rings is 1. The molecule has 0 radical (unpaired) electrons. The average Bonchev–Trinajstić information content (AvgIpc) is 2.86. The van der Waals surface area contributed by atoms with Crippen LogP contribution in [0.15, 0.2) is 12.4 Å². The summed E-state index contributed by atoms with van der Waals surface area (Å²) in [6, 6.07) is 0.389. The van der Waals surface area contributed by atoms with E-state index in [-0.39, 0.29) is 0 Å². The van der Waals surface area contributed by atoms with E-state index in [0.717, 1.165) is 18.8 Å². The number of hydrogen-bond acceptors (Lipinski definition) is 2. The predicted molar refractivity (Wildman–Crippen MR) is 73.0 cm³/mol. The molecular formula is C14H27N3. The quantitative estimate of drug-likeness (QED) is 0.607. The molecule has 0 amide bonds. The molecule has 3 heteroatoms. The van der Waals surface area contributed by atoms with E-state index in [1.165, 1.54) is 38.5 Å². The van der Waals surface area contributed by atoms with Crippen LogP contribution in [0.4, 0.5) is 0 Å². The molecule has 1 unspecified atom stereocenters. The van der Waals surface area contributed by atoms with Gasteiger partial charge >= 0.3 is 0 Å². The Hall–Kier alpha value is -0.830. The average molecular weight is 237 g/mol. The minimum absolute atomic E-state index is 0.389. The van der Waals surface area contributed by atoms with E-state index >= 15 is 0 Å².